The van der Waals surface area contributed by atoms with Gasteiger partial charge in [-0.05, 0) is 38.7 Å². The maximum absolute atomic E-state index is 12.7. The number of aromatic carboxylic acids is 1. The van der Waals surface area contributed by atoms with Crippen LogP contribution in [0.3, 0.4) is 0 Å². The number of hydrogen-bond acceptors (Lipinski definition) is 4. The summed E-state index contributed by atoms with van der Waals surface area (Å²) in [6.45, 7) is 4.70. The molecule has 1 N–H and O–H groups in total. The Bertz CT molecular complexity index is 715. The molecule has 148 valence electrons. The fourth-order valence-electron chi connectivity index (χ4n) is 3.88. The van der Waals surface area contributed by atoms with Crippen LogP contribution in [-0.2, 0) is 11.3 Å². The van der Waals surface area contributed by atoms with Crippen molar-refractivity contribution in [3.8, 4) is 0 Å². The van der Waals surface area contributed by atoms with Gasteiger partial charge in [-0.25, -0.2) is 9.59 Å². The summed E-state index contributed by atoms with van der Waals surface area (Å²) in [7, 11) is 1.70. The molecular formula is C19H27N3O5. The van der Waals surface area contributed by atoms with Gasteiger partial charge in [0.1, 0.15) is 17.1 Å². The third-order valence-electron chi connectivity index (χ3n) is 5.46. The number of hydrogen-bond donors (Lipinski definition) is 1. The first kappa shape index (κ1) is 19.3. The molecule has 0 unspecified atom stereocenters. The lowest BCUT2D eigenvalue weighted by molar-refractivity contribution is -0.136. The maximum atomic E-state index is 12.7. The van der Waals surface area contributed by atoms with Crippen molar-refractivity contribution in [3.63, 3.8) is 0 Å². The fraction of sp³-hybridized carbons (Fsp3) is 0.632. The van der Waals surface area contributed by atoms with Crippen LogP contribution in [-0.4, -0.2) is 70.9 Å². The van der Waals surface area contributed by atoms with Crippen molar-refractivity contribution in [2.24, 2.45) is 5.92 Å². The standard InChI is InChI=1S/C19H27N3O5/c1-13-16(18(24)25)11-15(27-13)12-20(2)17(23)14-5-9-22(10-6-14)19(26)21-7-3-4-8-21/h11,14H,3-10,12H2,1-2H3,(H,24,25). The number of urea groups is 1. The van der Waals surface area contributed by atoms with Gasteiger partial charge in [0.2, 0.25) is 5.91 Å². The number of rotatable bonds is 4. The summed E-state index contributed by atoms with van der Waals surface area (Å²) in [5.74, 6) is -0.345. The number of piperidine rings is 1. The minimum Gasteiger partial charge on any atom is -0.478 e. The third-order valence-corrected chi connectivity index (χ3v) is 5.46. The van der Waals surface area contributed by atoms with Crippen molar-refractivity contribution in [1.82, 2.24) is 14.7 Å². The lowest BCUT2D eigenvalue weighted by atomic mass is 9.95. The average Bonchev–Trinajstić information content (AvgIpc) is 3.30. The Morgan fingerprint density at radius 3 is 2.30 bits per heavy atom. The number of nitrogens with zero attached hydrogens (tertiary/aromatic N) is 3. The molecule has 1 aromatic heterocycles. The lowest BCUT2D eigenvalue weighted by Crippen LogP contribution is -2.47. The molecule has 3 rings (SSSR count). The van der Waals surface area contributed by atoms with Crippen LogP contribution in [0.2, 0.25) is 0 Å². The van der Waals surface area contributed by atoms with E-state index in [-0.39, 0.29) is 30.0 Å². The molecule has 2 fully saturated rings. The average molecular weight is 377 g/mol. The predicted molar refractivity (Wildman–Crippen MR) is 97.4 cm³/mol. The van der Waals surface area contributed by atoms with E-state index < -0.39 is 5.97 Å². The molecule has 0 saturated carbocycles. The van der Waals surface area contributed by atoms with E-state index >= 15 is 0 Å². The van der Waals surface area contributed by atoms with E-state index in [4.69, 9.17) is 9.52 Å². The van der Waals surface area contributed by atoms with E-state index in [1.807, 2.05) is 9.80 Å². The molecule has 2 aliphatic rings. The number of likely N-dealkylation sites (tertiary alicyclic amines) is 2. The van der Waals surface area contributed by atoms with Gasteiger partial charge in [0, 0.05) is 39.1 Å². The molecule has 3 amide bonds. The number of furan rings is 1. The van der Waals surface area contributed by atoms with Crippen molar-refractivity contribution < 1.29 is 23.9 Å². The largest absolute Gasteiger partial charge is 0.478 e. The minimum absolute atomic E-state index is 0.00852. The summed E-state index contributed by atoms with van der Waals surface area (Å²) in [6, 6.07) is 1.57. The molecule has 0 spiro atoms. The number of carbonyl (C=O) groups excluding carboxylic acids is 2. The second-order valence-corrected chi connectivity index (χ2v) is 7.42. The van der Waals surface area contributed by atoms with Gasteiger partial charge in [-0.15, -0.1) is 0 Å². The summed E-state index contributed by atoms with van der Waals surface area (Å²) in [5.41, 5.74) is 0.125. The van der Waals surface area contributed by atoms with E-state index in [2.05, 4.69) is 0 Å². The number of carbonyl (C=O) groups is 3. The van der Waals surface area contributed by atoms with Crippen molar-refractivity contribution in [2.45, 2.75) is 39.2 Å². The van der Waals surface area contributed by atoms with Crippen molar-refractivity contribution in [1.29, 1.82) is 0 Å². The van der Waals surface area contributed by atoms with Crippen LogP contribution >= 0.6 is 0 Å². The van der Waals surface area contributed by atoms with E-state index in [0.717, 1.165) is 25.9 Å². The van der Waals surface area contributed by atoms with Gasteiger partial charge < -0.3 is 24.2 Å². The molecule has 0 aliphatic carbocycles. The SMILES string of the molecule is Cc1oc(CN(C)C(=O)C2CCN(C(=O)N3CCCC3)CC2)cc1C(=O)O. The molecule has 0 atom stereocenters. The summed E-state index contributed by atoms with van der Waals surface area (Å²) in [6.07, 6.45) is 3.45. The lowest BCUT2D eigenvalue weighted by Gasteiger charge is -2.35. The Balaban J connectivity index is 1.51. The normalized spacial score (nSPS) is 18.0. The highest BCUT2D eigenvalue weighted by atomic mass is 16.4. The van der Waals surface area contributed by atoms with E-state index in [0.29, 0.717) is 37.5 Å². The van der Waals surface area contributed by atoms with E-state index in [9.17, 15) is 14.4 Å². The van der Waals surface area contributed by atoms with Crippen molar-refractivity contribution >= 4 is 17.9 Å². The van der Waals surface area contributed by atoms with Gasteiger partial charge in [-0.3, -0.25) is 4.79 Å². The Morgan fingerprint density at radius 1 is 1.15 bits per heavy atom. The fourth-order valence-corrected chi connectivity index (χ4v) is 3.88. The summed E-state index contributed by atoms with van der Waals surface area (Å²) in [4.78, 5) is 41.6. The Hall–Kier alpha value is -2.51. The number of aryl methyl sites for hydroxylation is 1. The predicted octanol–water partition coefficient (Wildman–Crippen LogP) is 2.17. The Labute approximate surface area is 158 Å². The van der Waals surface area contributed by atoms with Crippen LogP contribution < -0.4 is 0 Å². The molecule has 1 aromatic rings. The van der Waals surface area contributed by atoms with Crippen molar-refractivity contribution in [2.75, 3.05) is 33.2 Å². The number of carboxylic acid groups (broad SMARTS) is 1. The summed E-state index contributed by atoms with van der Waals surface area (Å²) in [5, 5.41) is 9.10. The van der Waals surface area contributed by atoms with Crippen LogP contribution in [0.15, 0.2) is 10.5 Å². The molecule has 2 saturated heterocycles. The second-order valence-electron chi connectivity index (χ2n) is 7.42. The van der Waals surface area contributed by atoms with Gasteiger partial charge in [0.15, 0.2) is 0 Å². The quantitative estimate of drug-likeness (QED) is 0.868. The van der Waals surface area contributed by atoms with Crippen LogP contribution in [0.25, 0.3) is 0 Å². The van der Waals surface area contributed by atoms with Gasteiger partial charge in [-0.2, -0.15) is 0 Å². The Kier molecular flexibility index (Phi) is 5.72. The van der Waals surface area contributed by atoms with Crippen LogP contribution in [0.4, 0.5) is 4.79 Å². The van der Waals surface area contributed by atoms with Crippen LogP contribution in [0.1, 0.15) is 47.6 Å². The maximum Gasteiger partial charge on any atom is 0.339 e. The summed E-state index contributed by atoms with van der Waals surface area (Å²) < 4.78 is 5.46. The first-order valence-corrected chi connectivity index (χ1v) is 9.48. The molecular weight excluding hydrogens is 350 g/mol. The molecule has 2 aliphatic heterocycles. The molecule has 27 heavy (non-hydrogen) atoms. The first-order valence-electron chi connectivity index (χ1n) is 9.48. The van der Waals surface area contributed by atoms with E-state index in [1.54, 1.807) is 18.9 Å². The van der Waals surface area contributed by atoms with Gasteiger partial charge >= 0.3 is 12.0 Å². The number of carboxylic acids is 1. The molecule has 0 radical (unpaired) electrons. The summed E-state index contributed by atoms with van der Waals surface area (Å²) >= 11 is 0. The molecule has 0 aromatic carbocycles. The first-order chi connectivity index (χ1) is 12.9. The van der Waals surface area contributed by atoms with E-state index in [1.165, 1.54) is 6.07 Å². The van der Waals surface area contributed by atoms with Gasteiger partial charge in [0.25, 0.3) is 0 Å². The van der Waals surface area contributed by atoms with Crippen molar-refractivity contribution in [3.05, 3.63) is 23.2 Å². The van der Waals surface area contributed by atoms with Crippen LogP contribution in [0.5, 0.6) is 0 Å². The topological polar surface area (TPSA) is 94.3 Å². The molecule has 3 heterocycles. The highest BCUT2D eigenvalue weighted by molar-refractivity contribution is 5.88. The zero-order valence-electron chi connectivity index (χ0n) is 15.9. The van der Waals surface area contributed by atoms with Gasteiger partial charge in [0.05, 0.1) is 6.54 Å². The molecule has 8 heteroatoms. The third kappa shape index (κ3) is 4.26. The highest BCUT2D eigenvalue weighted by Crippen LogP contribution is 2.23. The Morgan fingerprint density at radius 2 is 1.74 bits per heavy atom. The zero-order chi connectivity index (χ0) is 19.6. The number of amides is 3. The van der Waals surface area contributed by atoms with Crippen LogP contribution in [0, 0.1) is 12.8 Å². The minimum atomic E-state index is -1.04. The highest BCUT2D eigenvalue weighted by Gasteiger charge is 2.32. The molecule has 0 bridgehead atoms. The smallest absolute Gasteiger partial charge is 0.339 e. The monoisotopic (exact) mass is 377 g/mol. The molecule has 8 nitrogen and oxygen atoms in total. The van der Waals surface area contributed by atoms with Gasteiger partial charge in [-0.1, -0.05) is 0 Å². The second kappa shape index (κ2) is 8.02. The zero-order valence-corrected chi connectivity index (χ0v) is 15.9.